The van der Waals surface area contributed by atoms with Crippen molar-refractivity contribution in [2.45, 2.75) is 19.8 Å². The first-order chi connectivity index (χ1) is 9.24. The number of amides is 1. The third-order valence-electron chi connectivity index (χ3n) is 3.00. The van der Waals surface area contributed by atoms with Gasteiger partial charge in [-0.25, -0.2) is 4.98 Å². The molecule has 3 nitrogen and oxygen atoms in total. The molecule has 0 saturated heterocycles. The lowest BCUT2D eigenvalue weighted by molar-refractivity contribution is 0.0789. The number of hydrogen-bond donors (Lipinski definition) is 0. The van der Waals surface area contributed by atoms with E-state index in [1.165, 1.54) is 11.3 Å². The Labute approximate surface area is 117 Å². The molecule has 0 atom stereocenters. The van der Waals surface area contributed by atoms with Crippen LogP contribution in [0.25, 0.3) is 10.4 Å². The first-order valence-electron chi connectivity index (χ1n) is 6.48. The summed E-state index contributed by atoms with van der Waals surface area (Å²) < 4.78 is 0. The van der Waals surface area contributed by atoms with Crippen LogP contribution in [0.2, 0.25) is 0 Å². The second-order valence-corrected chi connectivity index (χ2v) is 5.33. The zero-order valence-electron chi connectivity index (χ0n) is 11.3. The van der Waals surface area contributed by atoms with E-state index in [4.69, 9.17) is 0 Å². The van der Waals surface area contributed by atoms with Crippen LogP contribution in [-0.4, -0.2) is 29.4 Å². The summed E-state index contributed by atoms with van der Waals surface area (Å²) in [6.07, 6.45) is 2.10. The average Bonchev–Trinajstić information content (AvgIpc) is 2.94. The number of hydrogen-bond acceptors (Lipinski definition) is 3. The van der Waals surface area contributed by atoms with Gasteiger partial charge in [0.25, 0.3) is 5.91 Å². The first kappa shape index (κ1) is 13.7. The minimum atomic E-state index is 0.00792. The Hall–Kier alpha value is -1.68. The molecule has 0 N–H and O–H groups in total. The first-order valence-corrected chi connectivity index (χ1v) is 7.36. The molecule has 4 heteroatoms. The van der Waals surface area contributed by atoms with Gasteiger partial charge in [-0.15, -0.1) is 11.3 Å². The summed E-state index contributed by atoms with van der Waals surface area (Å²) in [5.41, 5.74) is 3.36. The summed E-state index contributed by atoms with van der Waals surface area (Å²) in [7, 11) is 1.84. The Morgan fingerprint density at radius 3 is 2.74 bits per heavy atom. The lowest BCUT2D eigenvalue weighted by Crippen LogP contribution is -2.28. The predicted molar refractivity (Wildman–Crippen MR) is 79.4 cm³/mol. The number of benzene rings is 1. The molecule has 1 amide bonds. The molecule has 0 fully saturated rings. The molecule has 0 aliphatic rings. The van der Waals surface area contributed by atoms with Gasteiger partial charge in [0.05, 0.1) is 10.4 Å². The summed E-state index contributed by atoms with van der Waals surface area (Å²) >= 11 is 1.51. The second-order valence-electron chi connectivity index (χ2n) is 4.48. The molecule has 1 aromatic heterocycles. The minimum Gasteiger partial charge on any atom is -0.340 e. The van der Waals surface area contributed by atoms with Crippen LogP contribution in [-0.2, 0) is 0 Å². The standard InChI is InChI=1S/C15H18N2OS/c1-3-4-10-17(2)15(18)13-14(19-11-16-13)12-8-6-5-7-9-12/h5-9,11H,3-4,10H2,1-2H3. The van der Waals surface area contributed by atoms with Crippen LogP contribution in [0.4, 0.5) is 0 Å². The summed E-state index contributed by atoms with van der Waals surface area (Å²) in [5.74, 6) is 0.00792. The molecule has 0 aliphatic heterocycles. The third kappa shape index (κ3) is 3.20. The molecule has 0 aliphatic carbocycles. The highest BCUT2D eigenvalue weighted by Crippen LogP contribution is 2.28. The molecular formula is C15H18N2OS. The molecule has 100 valence electrons. The molecule has 0 spiro atoms. The Bertz CT molecular complexity index is 536. The normalized spacial score (nSPS) is 10.4. The average molecular weight is 274 g/mol. The SMILES string of the molecule is CCCCN(C)C(=O)c1ncsc1-c1ccccc1. The smallest absolute Gasteiger partial charge is 0.273 e. The van der Waals surface area contributed by atoms with E-state index in [0.717, 1.165) is 29.8 Å². The fourth-order valence-corrected chi connectivity index (χ4v) is 2.66. The molecule has 2 rings (SSSR count). The number of rotatable bonds is 5. The van der Waals surface area contributed by atoms with Crippen molar-refractivity contribution in [1.82, 2.24) is 9.88 Å². The van der Waals surface area contributed by atoms with Gasteiger partial charge in [0.2, 0.25) is 0 Å². The van der Waals surface area contributed by atoms with Crippen LogP contribution in [0.1, 0.15) is 30.3 Å². The molecule has 0 saturated carbocycles. The van der Waals surface area contributed by atoms with Gasteiger partial charge in [-0.1, -0.05) is 43.7 Å². The van der Waals surface area contributed by atoms with E-state index in [0.29, 0.717) is 5.69 Å². The highest BCUT2D eigenvalue weighted by Gasteiger charge is 2.19. The highest BCUT2D eigenvalue weighted by molar-refractivity contribution is 7.13. The number of carbonyl (C=O) groups is 1. The summed E-state index contributed by atoms with van der Waals surface area (Å²) in [5, 5.41) is 0. The fourth-order valence-electron chi connectivity index (χ4n) is 1.87. The molecular weight excluding hydrogens is 256 g/mol. The highest BCUT2D eigenvalue weighted by atomic mass is 32.1. The van der Waals surface area contributed by atoms with Crippen LogP contribution in [0.5, 0.6) is 0 Å². The Kier molecular flexibility index (Phi) is 4.68. The van der Waals surface area contributed by atoms with Crippen molar-refractivity contribution in [1.29, 1.82) is 0 Å². The van der Waals surface area contributed by atoms with Gasteiger partial charge in [0.1, 0.15) is 5.69 Å². The van der Waals surface area contributed by atoms with Crippen LogP contribution in [0.15, 0.2) is 35.8 Å². The molecule has 19 heavy (non-hydrogen) atoms. The lowest BCUT2D eigenvalue weighted by Gasteiger charge is -2.16. The monoisotopic (exact) mass is 274 g/mol. The van der Waals surface area contributed by atoms with Crippen molar-refractivity contribution in [3.63, 3.8) is 0 Å². The number of thiazole rings is 1. The molecule has 0 radical (unpaired) electrons. The van der Waals surface area contributed by atoms with Gasteiger partial charge in [-0.05, 0) is 12.0 Å². The second kappa shape index (κ2) is 6.48. The van der Waals surface area contributed by atoms with Crippen molar-refractivity contribution >= 4 is 17.2 Å². The maximum absolute atomic E-state index is 12.4. The van der Waals surface area contributed by atoms with E-state index >= 15 is 0 Å². The van der Waals surface area contributed by atoms with Crippen LogP contribution in [0.3, 0.4) is 0 Å². The van der Waals surface area contributed by atoms with Crippen molar-refractivity contribution in [2.24, 2.45) is 0 Å². The Morgan fingerprint density at radius 2 is 2.05 bits per heavy atom. The van der Waals surface area contributed by atoms with Crippen molar-refractivity contribution in [3.05, 3.63) is 41.5 Å². The van der Waals surface area contributed by atoms with Gasteiger partial charge in [0, 0.05) is 13.6 Å². The molecule has 1 heterocycles. The summed E-state index contributed by atoms with van der Waals surface area (Å²) in [4.78, 5) is 19.3. The van der Waals surface area contributed by atoms with E-state index in [1.807, 2.05) is 37.4 Å². The van der Waals surface area contributed by atoms with E-state index < -0.39 is 0 Å². The maximum atomic E-state index is 12.4. The van der Waals surface area contributed by atoms with E-state index in [-0.39, 0.29) is 5.91 Å². The van der Waals surface area contributed by atoms with Gasteiger partial charge >= 0.3 is 0 Å². The summed E-state index contributed by atoms with van der Waals surface area (Å²) in [6.45, 7) is 2.90. The van der Waals surface area contributed by atoms with Crippen LogP contribution in [0, 0.1) is 0 Å². The van der Waals surface area contributed by atoms with Gasteiger partial charge < -0.3 is 4.90 Å². The van der Waals surface area contributed by atoms with E-state index in [1.54, 1.807) is 10.4 Å². The molecule has 1 aromatic carbocycles. The maximum Gasteiger partial charge on any atom is 0.273 e. The fraction of sp³-hybridized carbons (Fsp3) is 0.333. The zero-order valence-corrected chi connectivity index (χ0v) is 12.1. The number of carbonyl (C=O) groups excluding carboxylic acids is 1. The van der Waals surface area contributed by atoms with Gasteiger partial charge in [-0.2, -0.15) is 0 Å². The van der Waals surface area contributed by atoms with Crippen molar-refractivity contribution in [3.8, 4) is 10.4 Å². The number of aromatic nitrogens is 1. The minimum absolute atomic E-state index is 0.00792. The summed E-state index contributed by atoms with van der Waals surface area (Å²) in [6, 6.07) is 9.94. The van der Waals surface area contributed by atoms with E-state index in [9.17, 15) is 4.79 Å². The van der Waals surface area contributed by atoms with Gasteiger partial charge in [-0.3, -0.25) is 4.79 Å². The lowest BCUT2D eigenvalue weighted by atomic mass is 10.1. The third-order valence-corrected chi connectivity index (χ3v) is 3.88. The Balaban J connectivity index is 2.22. The largest absolute Gasteiger partial charge is 0.340 e. The van der Waals surface area contributed by atoms with Crippen molar-refractivity contribution < 1.29 is 4.79 Å². The predicted octanol–water partition coefficient (Wildman–Crippen LogP) is 3.68. The number of nitrogens with zero attached hydrogens (tertiary/aromatic N) is 2. The Morgan fingerprint density at radius 1 is 1.32 bits per heavy atom. The molecule has 0 unspecified atom stereocenters. The van der Waals surface area contributed by atoms with E-state index in [2.05, 4.69) is 11.9 Å². The quantitative estimate of drug-likeness (QED) is 0.833. The molecule has 0 bridgehead atoms. The molecule has 2 aromatic rings. The van der Waals surface area contributed by atoms with Crippen molar-refractivity contribution in [2.75, 3.05) is 13.6 Å². The van der Waals surface area contributed by atoms with Crippen LogP contribution < -0.4 is 0 Å². The topological polar surface area (TPSA) is 33.2 Å². The zero-order chi connectivity index (χ0) is 13.7. The number of unbranched alkanes of at least 4 members (excludes halogenated alkanes) is 1. The van der Waals surface area contributed by atoms with Crippen LogP contribution >= 0.6 is 11.3 Å². The van der Waals surface area contributed by atoms with Gasteiger partial charge in [0.15, 0.2) is 0 Å².